The van der Waals surface area contributed by atoms with Crippen molar-refractivity contribution in [2.75, 3.05) is 14.2 Å². The van der Waals surface area contributed by atoms with Crippen molar-refractivity contribution in [2.45, 2.75) is 58.7 Å². The molecule has 32 heavy (non-hydrogen) atoms. The molecule has 0 aliphatic carbocycles. The maximum Gasteiger partial charge on any atom is 0.242 e. The van der Waals surface area contributed by atoms with E-state index < -0.39 is 11.9 Å². The molecule has 2 aromatic rings. The van der Waals surface area contributed by atoms with Gasteiger partial charge in [0.1, 0.15) is 11.9 Å². The van der Waals surface area contributed by atoms with Gasteiger partial charge in [0.15, 0.2) is 11.5 Å². The van der Waals surface area contributed by atoms with Crippen molar-refractivity contribution in [3.63, 3.8) is 0 Å². The van der Waals surface area contributed by atoms with Crippen LogP contribution in [0.1, 0.15) is 44.7 Å². The van der Waals surface area contributed by atoms with Crippen LogP contribution < -0.4 is 14.8 Å². The lowest BCUT2D eigenvalue weighted by atomic mass is 10.1. The molecule has 7 heteroatoms. The zero-order valence-electron chi connectivity index (χ0n) is 19.5. The summed E-state index contributed by atoms with van der Waals surface area (Å²) in [5.74, 6) is 0.311. The van der Waals surface area contributed by atoms with E-state index in [1.807, 2.05) is 26.0 Å². The molecule has 0 aromatic heterocycles. The number of hydrogen-bond donors (Lipinski definition) is 1. The van der Waals surface area contributed by atoms with Crippen LogP contribution in [0.25, 0.3) is 0 Å². The topological polar surface area (TPSA) is 67.9 Å². The first-order valence-corrected chi connectivity index (χ1v) is 10.8. The third kappa shape index (κ3) is 6.70. The number of hydrogen-bond acceptors (Lipinski definition) is 4. The van der Waals surface area contributed by atoms with Crippen LogP contribution in [0, 0.1) is 5.82 Å². The number of nitrogens with one attached hydrogen (secondary N) is 1. The Labute approximate surface area is 189 Å². The van der Waals surface area contributed by atoms with Crippen LogP contribution in [0.2, 0.25) is 0 Å². The highest BCUT2D eigenvalue weighted by Gasteiger charge is 2.27. The molecule has 0 aliphatic heterocycles. The highest BCUT2D eigenvalue weighted by atomic mass is 19.1. The molecule has 0 aliphatic rings. The van der Waals surface area contributed by atoms with E-state index >= 15 is 0 Å². The predicted molar refractivity (Wildman–Crippen MR) is 122 cm³/mol. The van der Waals surface area contributed by atoms with Crippen molar-refractivity contribution >= 4 is 11.8 Å². The summed E-state index contributed by atoms with van der Waals surface area (Å²) >= 11 is 0. The Kier molecular flexibility index (Phi) is 9.50. The largest absolute Gasteiger partial charge is 0.493 e. The van der Waals surface area contributed by atoms with Gasteiger partial charge >= 0.3 is 0 Å². The van der Waals surface area contributed by atoms with Crippen LogP contribution in [0.5, 0.6) is 11.5 Å². The molecule has 2 unspecified atom stereocenters. The first kappa shape index (κ1) is 25.2. The summed E-state index contributed by atoms with van der Waals surface area (Å²) in [6, 6.07) is 11.0. The second-order valence-corrected chi connectivity index (χ2v) is 7.80. The van der Waals surface area contributed by atoms with E-state index in [2.05, 4.69) is 5.32 Å². The molecule has 0 heterocycles. The van der Waals surface area contributed by atoms with E-state index in [1.165, 1.54) is 11.0 Å². The first-order chi connectivity index (χ1) is 15.3. The van der Waals surface area contributed by atoms with Gasteiger partial charge in [0, 0.05) is 24.6 Å². The highest BCUT2D eigenvalue weighted by molar-refractivity contribution is 5.87. The van der Waals surface area contributed by atoms with E-state index in [4.69, 9.17) is 9.47 Å². The molecular formula is C25H33FN2O4. The molecule has 6 nitrogen and oxygen atoms in total. The minimum atomic E-state index is -0.735. The predicted octanol–water partition coefficient (Wildman–Crippen LogP) is 4.11. The fourth-order valence-electron chi connectivity index (χ4n) is 3.29. The van der Waals surface area contributed by atoms with Crippen molar-refractivity contribution in [1.29, 1.82) is 0 Å². The number of methoxy groups -OCH3 is 2. The summed E-state index contributed by atoms with van der Waals surface area (Å²) in [4.78, 5) is 27.4. The SMILES string of the molecule is CCC(C)NC(=O)C(C)N(Cc1ccccc1F)C(=O)CCc1ccc(OC)c(OC)c1. The van der Waals surface area contributed by atoms with Gasteiger partial charge < -0.3 is 19.7 Å². The van der Waals surface area contributed by atoms with Crippen LogP contribution in [0.15, 0.2) is 42.5 Å². The Morgan fingerprint density at radius 1 is 1.06 bits per heavy atom. The lowest BCUT2D eigenvalue weighted by Crippen LogP contribution is -2.49. The standard InChI is InChI=1S/C25H33FN2O4/c1-6-17(2)27-25(30)18(3)28(16-20-9-7-8-10-21(20)26)24(29)14-12-19-11-13-22(31-4)23(15-19)32-5/h7-11,13,15,17-18H,6,12,14,16H2,1-5H3,(H,27,30). The highest BCUT2D eigenvalue weighted by Crippen LogP contribution is 2.28. The summed E-state index contributed by atoms with van der Waals surface area (Å²) in [5.41, 5.74) is 1.27. The normalized spacial score (nSPS) is 12.6. The zero-order valence-corrected chi connectivity index (χ0v) is 19.5. The molecule has 2 rings (SSSR count). The van der Waals surface area contributed by atoms with Gasteiger partial charge in [-0.25, -0.2) is 4.39 Å². The second kappa shape index (κ2) is 12.1. The molecule has 174 valence electrons. The van der Waals surface area contributed by atoms with Gasteiger partial charge in [0.2, 0.25) is 11.8 Å². The third-order valence-electron chi connectivity index (χ3n) is 5.54. The molecule has 1 N–H and O–H groups in total. The Morgan fingerprint density at radius 3 is 2.38 bits per heavy atom. The quantitative estimate of drug-likeness (QED) is 0.566. The Morgan fingerprint density at radius 2 is 1.75 bits per heavy atom. The molecule has 0 fully saturated rings. The van der Waals surface area contributed by atoms with Gasteiger partial charge in [0.25, 0.3) is 0 Å². The number of carbonyl (C=O) groups excluding carboxylic acids is 2. The smallest absolute Gasteiger partial charge is 0.242 e. The number of benzene rings is 2. The third-order valence-corrected chi connectivity index (χ3v) is 5.54. The average Bonchev–Trinajstić information content (AvgIpc) is 2.81. The van der Waals surface area contributed by atoms with Crippen molar-refractivity contribution in [3.05, 3.63) is 59.4 Å². The van der Waals surface area contributed by atoms with Gasteiger partial charge in [-0.15, -0.1) is 0 Å². The van der Waals surface area contributed by atoms with Gasteiger partial charge in [-0.3, -0.25) is 9.59 Å². The summed E-state index contributed by atoms with van der Waals surface area (Å²) in [5, 5.41) is 2.91. The lowest BCUT2D eigenvalue weighted by molar-refractivity contribution is -0.140. The van der Waals surface area contributed by atoms with E-state index in [-0.39, 0.29) is 30.8 Å². The maximum atomic E-state index is 14.3. The van der Waals surface area contributed by atoms with E-state index in [0.29, 0.717) is 23.5 Å². The van der Waals surface area contributed by atoms with Gasteiger partial charge in [-0.2, -0.15) is 0 Å². The minimum absolute atomic E-state index is 0.0119. The summed E-state index contributed by atoms with van der Waals surface area (Å²) in [7, 11) is 3.12. The van der Waals surface area contributed by atoms with Crippen molar-refractivity contribution in [3.8, 4) is 11.5 Å². The zero-order chi connectivity index (χ0) is 23.7. The van der Waals surface area contributed by atoms with Crippen LogP contribution in [0.4, 0.5) is 4.39 Å². The molecule has 2 amide bonds. The maximum absolute atomic E-state index is 14.3. The van der Waals surface area contributed by atoms with E-state index in [0.717, 1.165) is 12.0 Å². The van der Waals surface area contributed by atoms with Gasteiger partial charge in [-0.05, 0) is 50.5 Å². The monoisotopic (exact) mass is 444 g/mol. The number of ether oxygens (including phenoxy) is 2. The molecule has 2 atom stereocenters. The lowest BCUT2D eigenvalue weighted by Gasteiger charge is -2.30. The summed E-state index contributed by atoms with van der Waals surface area (Å²) in [6.45, 7) is 5.57. The number of nitrogens with zero attached hydrogens (tertiary/aromatic N) is 1. The van der Waals surface area contributed by atoms with Crippen molar-refractivity contribution < 1.29 is 23.5 Å². The summed E-state index contributed by atoms with van der Waals surface area (Å²) < 4.78 is 24.9. The van der Waals surface area contributed by atoms with Crippen molar-refractivity contribution in [2.24, 2.45) is 0 Å². The molecule has 2 aromatic carbocycles. The molecule has 0 saturated carbocycles. The van der Waals surface area contributed by atoms with E-state index in [9.17, 15) is 14.0 Å². The first-order valence-electron chi connectivity index (χ1n) is 10.8. The Bertz CT molecular complexity index is 919. The van der Waals surface area contributed by atoms with Crippen LogP contribution in [0.3, 0.4) is 0 Å². The molecule has 0 spiro atoms. The summed E-state index contributed by atoms with van der Waals surface area (Å²) in [6.07, 6.45) is 1.40. The van der Waals surface area contributed by atoms with Crippen LogP contribution >= 0.6 is 0 Å². The number of halogens is 1. The fraction of sp³-hybridized carbons (Fsp3) is 0.440. The number of amides is 2. The van der Waals surface area contributed by atoms with Gasteiger partial charge in [-0.1, -0.05) is 31.2 Å². The number of carbonyl (C=O) groups is 2. The number of rotatable bonds is 11. The average molecular weight is 445 g/mol. The van der Waals surface area contributed by atoms with Gasteiger partial charge in [0.05, 0.1) is 14.2 Å². The van der Waals surface area contributed by atoms with Crippen LogP contribution in [-0.2, 0) is 22.6 Å². The molecule has 0 bridgehead atoms. The minimum Gasteiger partial charge on any atom is -0.493 e. The Hall–Kier alpha value is -3.09. The van der Waals surface area contributed by atoms with Crippen molar-refractivity contribution in [1.82, 2.24) is 10.2 Å². The number of aryl methyl sites for hydroxylation is 1. The van der Waals surface area contributed by atoms with E-state index in [1.54, 1.807) is 45.4 Å². The molecular weight excluding hydrogens is 411 g/mol. The van der Waals surface area contributed by atoms with Crippen LogP contribution in [-0.4, -0.2) is 43.0 Å². The second-order valence-electron chi connectivity index (χ2n) is 7.80. The fourth-order valence-corrected chi connectivity index (χ4v) is 3.29. The molecule has 0 radical (unpaired) electrons. The molecule has 0 saturated heterocycles. The Balaban J connectivity index is 2.19.